The summed E-state index contributed by atoms with van der Waals surface area (Å²) in [7, 11) is 0. The van der Waals surface area contributed by atoms with Crippen LogP contribution in [0.15, 0.2) is 0 Å². The van der Waals surface area contributed by atoms with E-state index in [1.54, 1.807) is 0 Å². The first kappa shape index (κ1) is 13.4. The molecule has 0 aliphatic rings. The van der Waals surface area contributed by atoms with Crippen LogP contribution >= 0.6 is 0 Å². The zero-order valence-corrected chi connectivity index (χ0v) is 10.2. The molecular formula is C11H23NO2. The monoisotopic (exact) mass is 201 g/mol. The third-order valence-electron chi connectivity index (χ3n) is 2.07. The molecule has 0 aliphatic carbocycles. The zero-order valence-electron chi connectivity index (χ0n) is 10.2. The Hall–Kier alpha value is -0.570. The van der Waals surface area contributed by atoms with Gasteiger partial charge in [0.25, 0.3) is 0 Å². The maximum Gasteiger partial charge on any atom is 0.223 e. The van der Waals surface area contributed by atoms with Gasteiger partial charge in [0, 0.05) is 0 Å². The summed E-state index contributed by atoms with van der Waals surface area (Å²) >= 11 is 0. The van der Waals surface area contributed by atoms with Crippen molar-refractivity contribution >= 4 is 5.91 Å². The molecule has 0 aromatic heterocycles. The molecule has 0 aliphatic heterocycles. The van der Waals surface area contributed by atoms with Crippen LogP contribution < -0.4 is 5.73 Å². The Morgan fingerprint density at radius 1 is 1.21 bits per heavy atom. The van der Waals surface area contributed by atoms with Crippen molar-refractivity contribution in [1.82, 2.24) is 0 Å². The van der Waals surface area contributed by atoms with Crippen molar-refractivity contribution in [2.75, 3.05) is 6.61 Å². The second-order valence-electron chi connectivity index (χ2n) is 5.74. The van der Waals surface area contributed by atoms with Crippen LogP contribution in [0.3, 0.4) is 0 Å². The van der Waals surface area contributed by atoms with Crippen LogP contribution in [0, 0.1) is 11.3 Å². The molecule has 2 N–H and O–H groups in total. The van der Waals surface area contributed by atoms with Gasteiger partial charge in [-0.3, -0.25) is 4.79 Å². The largest absolute Gasteiger partial charge is 0.375 e. The number of ether oxygens (including phenoxy) is 1. The van der Waals surface area contributed by atoms with Crippen LogP contribution in [-0.4, -0.2) is 18.1 Å². The average Bonchev–Trinajstić information content (AvgIpc) is 1.79. The predicted octanol–water partition coefficient (Wildman–Crippen LogP) is 1.95. The van der Waals surface area contributed by atoms with Gasteiger partial charge < -0.3 is 10.5 Å². The molecule has 0 aromatic rings. The Labute approximate surface area is 87.0 Å². The molecule has 0 aromatic carbocycles. The lowest BCUT2D eigenvalue weighted by atomic mass is 9.81. The second kappa shape index (κ2) is 4.30. The van der Waals surface area contributed by atoms with Crippen LogP contribution in [0.4, 0.5) is 0 Å². The molecule has 0 bridgehead atoms. The summed E-state index contributed by atoms with van der Waals surface area (Å²) in [4.78, 5) is 11.2. The zero-order chi connectivity index (χ0) is 11.6. The summed E-state index contributed by atoms with van der Waals surface area (Å²) in [5.74, 6) is -0.525. The molecule has 0 spiro atoms. The molecule has 1 atom stereocenters. The van der Waals surface area contributed by atoms with Crippen molar-refractivity contribution in [2.45, 2.75) is 47.1 Å². The van der Waals surface area contributed by atoms with Crippen LogP contribution in [0.25, 0.3) is 0 Å². The first-order valence-corrected chi connectivity index (χ1v) is 4.97. The van der Waals surface area contributed by atoms with E-state index < -0.39 is 0 Å². The Balaban J connectivity index is 4.35. The first-order chi connectivity index (χ1) is 6.04. The highest BCUT2D eigenvalue weighted by Crippen LogP contribution is 2.27. The molecule has 84 valence electrons. The Morgan fingerprint density at radius 2 is 1.64 bits per heavy atom. The minimum absolute atomic E-state index is 0.142. The maximum atomic E-state index is 11.2. The van der Waals surface area contributed by atoms with E-state index in [1.807, 2.05) is 41.5 Å². The van der Waals surface area contributed by atoms with Gasteiger partial charge in [0.15, 0.2) is 0 Å². The molecule has 0 rings (SSSR count). The standard InChI is InChI=1S/C11H23NO2/c1-10(2,3)8(9(12)13)7-14-11(4,5)6/h8H,7H2,1-6H3,(H2,12,13). The van der Waals surface area contributed by atoms with Gasteiger partial charge in [-0.15, -0.1) is 0 Å². The topological polar surface area (TPSA) is 52.3 Å². The number of rotatable bonds is 3. The van der Waals surface area contributed by atoms with E-state index in [2.05, 4.69) is 0 Å². The van der Waals surface area contributed by atoms with E-state index in [1.165, 1.54) is 0 Å². The van der Waals surface area contributed by atoms with Gasteiger partial charge in [-0.2, -0.15) is 0 Å². The SMILES string of the molecule is CC(C)(C)OCC(C(N)=O)C(C)(C)C. The quantitative estimate of drug-likeness (QED) is 0.758. The minimum Gasteiger partial charge on any atom is -0.375 e. The van der Waals surface area contributed by atoms with Crippen molar-refractivity contribution in [1.29, 1.82) is 0 Å². The fourth-order valence-corrected chi connectivity index (χ4v) is 1.09. The summed E-state index contributed by atoms with van der Waals surface area (Å²) in [6.07, 6.45) is 0. The van der Waals surface area contributed by atoms with Gasteiger partial charge >= 0.3 is 0 Å². The number of hydrogen-bond acceptors (Lipinski definition) is 2. The van der Waals surface area contributed by atoms with Crippen LogP contribution in [0.5, 0.6) is 0 Å². The fraction of sp³-hybridized carbons (Fsp3) is 0.909. The van der Waals surface area contributed by atoms with E-state index in [0.29, 0.717) is 6.61 Å². The number of nitrogens with two attached hydrogens (primary N) is 1. The van der Waals surface area contributed by atoms with Crippen LogP contribution in [0.2, 0.25) is 0 Å². The van der Waals surface area contributed by atoms with Gasteiger partial charge in [-0.1, -0.05) is 20.8 Å². The molecule has 14 heavy (non-hydrogen) atoms. The summed E-state index contributed by atoms with van der Waals surface area (Å²) in [6.45, 7) is 12.3. The van der Waals surface area contributed by atoms with Gasteiger partial charge in [0.05, 0.1) is 18.1 Å². The third-order valence-corrected chi connectivity index (χ3v) is 2.07. The highest BCUT2D eigenvalue weighted by molar-refractivity contribution is 5.77. The third kappa shape index (κ3) is 5.22. The molecule has 3 heteroatoms. The minimum atomic E-state index is -0.290. The first-order valence-electron chi connectivity index (χ1n) is 4.97. The van der Waals surface area contributed by atoms with Gasteiger partial charge in [0.1, 0.15) is 0 Å². The van der Waals surface area contributed by atoms with Crippen molar-refractivity contribution in [2.24, 2.45) is 17.1 Å². The number of primary amides is 1. The van der Waals surface area contributed by atoms with E-state index in [4.69, 9.17) is 10.5 Å². The average molecular weight is 201 g/mol. The molecule has 0 fully saturated rings. The Kier molecular flexibility index (Phi) is 4.13. The van der Waals surface area contributed by atoms with Gasteiger partial charge in [-0.25, -0.2) is 0 Å². The highest BCUT2D eigenvalue weighted by atomic mass is 16.5. The smallest absolute Gasteiger partial charge is 0.223 e. The summed E-state index contributed by atoms with van der Waals surface area (Å²) in [6, 6.07) is 0. The molecule has 0 radical (unpaired) electrons. The van der Waals surface area contributed by atoms with Crippen molar-refractivity contribution in [3.63, 3.8) is 0 Å². The van der Waals surface area contributed by atoms with Crippen molar-refractivity contribution in [3.05, 3.63) is 0 Å². The Morgan fingerprint density at radius 3 is 1.86 bits per heavy atom. The van der Waals surface area contributed by atoms with E-state index in [9.17, 15) is 4.79 Å². The van der Waals surface area contributed by atoms with Gasteiger partial charge in [-0.05, 0) is 26.2 Å². The molecule has 0 saturated heterocycles. The summed E-state index contributed by atoms with van der Waals surface area (Å²) < 4.78 is 5.58. The molecule has 0 heterocycles. The second-order valence-corrected chi connectivity index (χ2v) is 5.74. The van der Waals surface area contributed by atoms with E-state index in [0.717, 1.165) is 0 Å². The van der Waals surface area contributed by atoms with Crippen molar-refractivity contribution < 1.29 is 9.53 Å². The lowest BCUT2D eigenvalue weighted by Gasteiger charge is -2.30. The number of amides is 1. The molecule has 1 unspecified atom stereocenters. The maximum absolute atomic E-state index is 11.2. The number of carbonyl (C=O) groups excluding carboxylic acids is 1. The molecule has 1 amide bonds. The molecular weight excluding hydrogens is 178 g/mol. The van der Waals surface area contributed by atoms with Crippen LogP contribution in [0.1, 0.15) is 41.5 Å². The Bertz CT molecular complexity index is 198. The number of carbonyl (C=O) groups is 1. The predicted molar refractivity (Wildman–Crippen MR) is 57.8 cm³/mol. The lowest BCUT2D eigenvalue weighted by Crippen LogP contribution is -2.39. The molecule has 3 nitrogen and oxygen atoms in total. The lowest BCUT2D eigenvalue weighted by molar-refractivity contribution is -0.130. The number of hydrogen-bond donors (Lipinski definition) is 1. The van der Waals surface area contributed by atoms with E-state index in [-0.39, 0.29) is 22.8 Å². The van der Waals surface area contributed by atoms with E-state index >= 15 is 0 Å². The summed E-state index contributed by atoms with van der Waals surface area (Å²) in [5.41, 5.74) is 4.97. The highest BCUT2D eigenvalue weighted by Gasteiger charge is 2.31. The summed E-state index contributed by atoms with van der Waals surface area (Å²) in [5, 5.41) is 0. The normalized spacial score (nSPS) is 15.3. The van der Waals surface area contributed by atoms with Gasteiger partial charge in [0.2, 0.25) is 5.91 Å². The fourth-order valence-electron chi connectivity index (χ4n) is 1.09. The van der Waals surface area contributed by atoms with Crippen molar-refractivity contribution in [3.8, 4) is 0 Å². The van der Waals surface area contributed by atoms with Crippen LogP contribution in [-0.2, 0) is 9.53 Å². The molecule has 0 saturated carbocycles.